The number of aromatic hydroxyl groups is 10. The molecular formula is C93H83NO28. The second-order valence-electron chi connectivity index (χ2n) is 29.5. The Morgan fingerprint density at radius 3 is 0.885 bits per heavy atom. The minimum atomic E-state index is -1.25. The molecule has 628 valence electrons. The van der Waals surface area contributed by atoms with Crippen LogP contribution in [0.25, 0.3) is 0 Å². The molecule has 0 saturated heterocycles. The summed E-state index contributed by atoms with van der Waals surface area (Å²) in [7, 11) is 0. The molecule has 0 radical (unpaired) electrons. The minimum absolute atomic E-state index is 0.0149. The van der Waals surface area contributed by atoms with Crippen molar-refractivity contribution in [1.82, 2.24) is 0 Å². The van der Waals surface area contributed by atoms with Crippen LogP contribution >= 0.6 is 0 Å². The van der Waals surface area contributed by atoms with Crippen molar-refractivity contribution in [3.8, 4) is 86.2 Å². The largest absolute Gasteiger partial charge is 0.504 e. The third kappa shape index (κ3) is 17.2. The molecule has 0 spiro atoms. The monoisotopic (exact) mass is 1660 g/mol. The molecule has 122 heavy (non-hydrogen) atoms. The number of fused-ring (bicyclic) bond motifs is 10. The lowest BCUT2D eigenvalue weighted by atomic mass is 9.83. The summed E-state index contributed by atoms with van der Waals surface area (Å²) in [5.41, 5.74) is 4.99. The molecule has 0 fully saturated rings. The van der Waals surface area contributed by atoms with Crippen molar-refractivity contribution in [2.45, 2.75) is 118 Å². The number of phenols is 10. The lowest BCUT2D eigenvalue weighted by Gasteiger charge is -2.26. The molecular weight excluding hydrogens is 1580 g/mol. The summed E-state index contributed by atoms with van der Waals surface area (Å²) in [5, 5.41) is 110. The summed E-state index contributed by atoms with van der Waals surface area (Å²) in [5.74, 6) is -12.5. The van der Waals surface area contributed by atoms with Gasteiger partial charge >= 0.3 is 5.97 Å². The maximum atomic E-state index is 12.9. The zero-order chi connectivity index (χ0) is 88.8. The number of aliphatic carboxylic acids is 1. The smallest absolute Gasteiger partial charge is 0.344 e. The average Bonchev–Trinajstić information content (AvgIpc) is 0.761. The highest BCUT2D eigenvalue weighted by molar-refractivity contribution is 6.34. The number of Topliss-reactive ketones (excluding diaryl/α,β-unsaturated/α-hetero) is 1. The highest BCUT2D eigenvalue weighted by Crippen LogP contribution is 2.50. The number of carbonyl (C=O) groups is 12. The van der Waals surface area contributed by atoms with E-state index in [1.165, 1.54) is 54.6 Å². The van der Waals surface area contributed by atoms with Gasteiger partial charge in [0.15, 0.2) is 127 Å². The fourth-order valence-electron chi connectivity index (χ4n) is 14.0. The van der Waals surface area contributed by atoms with E-state index in [0.29, 0.717) is 19.4 Å². The number of ether oxygens (including phenoxy) is 5. The maximum absolute atomic E-state index is 12.9. The first-order valence-corrected chi connectivity index (χ1v) is 38.6. The summed E-state index contributed by atoms with van der Waals surface area (Å²) in [6.45, 7) is 13.2. The van der Waals surface area contributed by atoms with E-state index in [1.807, 2.05) is 13.8 Å². The van der Waals surface area contributed by atoms with E-state index in [4.69, 9.17) is 29.4 Å². The first kappa shape index (κ1) is 87.8. The molecule has 5 aliphatic carbocycles. The molecule has 0 bridgehead atoms. The van der Waals surface area contributed by atoms with E-state index in [9.17, 15) is 114 Å². The first-order chi connectivity index (χ1) is 58.0. The lowest BCUT2D eigenvalue weighted by Crippen LogP contribution is -2.29. The van der Waals surface area contributed by atoms with E-state index >= 15 is 0 Å². The summed E-state index contributed by atoms with van der Waals surface area (Å²) >= 11 is 0. The number of phenolic OH excluding ortho intramolecular Hbond substituents is 10. The Morgan fingerprint density at radius 1 is 0.352 bits per heavy atom. The summed E-state index contributed by atoms with van der Waals surface area (Å²) < 4.78 is 27.9. The van der Waals surface area contributed by atoms with Crippen molar-refractivity contribution in [3.05, 3.63) is 263 Å². The SMILES string of the molecule is CC(C)(C)Oc1cc(O)c(O)c2c1C(=O)c1ccccc1C2=O.CCC(=O)COc1cc(O)c(O)c2c1C(=O)c1ccccc1C2=O.CCCCC(C)Oc1cc(O)c(O)c2c1C(=O)c1ccccc1C2=O.CCCCC(Oc1cc(O)c(O)c2c1C(=O)c1ccccc1C2=O)C(=O)O.NCCCOc1cc(O)c(O)c2c1C(=O)c1ccccc1C2=O. The van der Waals surface area contributed by atoms with Crippen molar-refractivity contribution in [1.29, 1.82) is 0 Å². The number of hydrogen-bond donors (Lipinski definition) is 12. The topological polar surface area (TPSA) is 500 Å². The van der Waals surface area contributed by atoms with Gasteiger partial charge in [0.1, 0.15) is 41.0 Å². The molecule has 10 aromatic carbocycles. The van der Waals surface area contributed by atoms with Gasteiger partial charge in [-0.05, 0) is 59.9 Å². The third-order valence-corrected chi connectivity index (χ3v) is 20.0. The van der Waals surface area contributed by atoms with Gasteiger partial charge in [0.25, 0.3) is 0 Å². The van der Waals surface area contributed by atoms with E-state index in [-0.39, 0.29) is 178 Å². The molecule has 10 aromatic rings. The van der Waals surface area contributed by atoms with E-state index < -0.39 is 133 Å². The molecule has 0 heterocycles. The Balaban J connectivity index is 0.000000149. The maximum Gasteiger partial charge on any atom is 0.344 e. The minimum Gasteiger partial charge on any atom is -0.504 e. The molecule has 15 rings (SSSR count). The fourth-order valence-corrected chi connectivity index (χ4v) is 14.0. The number of carbonyl (C=O) groups excluding carboxylic acids is 11. The van der Waals surface area contributed by atoms with Gasteiger partial charge in [-0.25, -0.2) is 4.79 Å². The fraction of sp³-hybridized carbons (Fsp3) is 0.226. The number of carboxylic acid groups (broad SMARTS) is 1. The van der Waals surface area contributed by atoms with Crippen LogP contribution < -0.4 is 29.4 Å². The van der Waals surface area contributed by atoms with Gasteiger partial charge in [-0.15, -0.1) is 0 Å². The Kier molecular flexibility index (Phi) is 26.3. The second kappa shape index (κ2) is 36.5. The van der Waals surface area contributed by atoms with Crippen LogP contribution in [0.5, 0.6) is 86.2 Å². The number of nitrogens with two attached hydrogens (primary N) is 1. The van der Waals surface area contributed by atoms with Crippen LogP contribution in [0.2, 0.25) is 0 Å². The molecule has 0 aromatic heterocycles. The summed E-state index contributed by atoms with van der Waals surface area (Å²) in [6.07, 6.45) is 3.64. The predicted molar refractivity (Wildman–Crippen MR) is 437 cm³/mol. The molecule has 13 N–H and O–H groups in total. The molecule has 0 saturated carbocycles. The third-order valence-electron chi connectivity index (χ3n) is 20.0. The number of unbranched alkanes of at least 4 members (excludes halogenated alkanes) is 2. The van der Waals surface area contributed by atoms with Crippen LogP contribution in [-0.4, -0.2) is 163 Å². The van der Waals surface area contributed by atoms with Crippen LogP contribution in [0.1, 0.15) is 259 Å². The standard InChI is InChI=1S/C20H18O7.C20H20O5.C18H14O6.C18H16O5.C17H15NO5/c1-2-3-8-13(20(25)26)27-14-9-12(21)19(24)16-15(14)17(22)10-6-4-5-7-11(10)18(16)23;1-3-4-7-11(2)25-15-10-14(21)20(24)17-16(15)18(22)12-8-5-6-9-13(12)19(17)23;1-2-9(19)8-24-13-7-12(20)18(23)15-14(13)16(21)10-5-3-4-6-11(10)17(15)22;1-18(2,3)23-12-8-11(19)17(22)14-13(12)15(20)9-6-4-5-7-10(9)16(14)21;18-6-3-7-23-12-8-11(19)17(22)14-13(12)15(20)9-4-1-2-5-10(9)16(14)21/h4-7,9,13,21,24H,2-3,8H2,1H3,(H,25,26);5-6,8-11,21,24H,3-4,7H2,1-2H3;3-7,20,23H,2,8H2,1H3;4-8,19,22H,1-3H3;1-2,4-5,8,19,22H,3,6-7,18H2. The van der Waals surface area contributed by atoms with Gasteiger partial charge in [-0.2, -0.15) is 0 Å². The van der Waals surface area contributed by atoms with Crippen molar-refractivity contribution in [3.63, 3.8) is 0 Å². The van der Waals surface area contributed by atoms with E-state index in [0.717, 1.165) is 43.9 Å². The Bertz CT molecular complexity index is 6020. The molecule has 5 aliphatic rings. The number of carboxylic acids is 1. The molecule has 0 amide bonds. The molecule has 29 heteroatoms. The molecule has 2 atom stereocenters. The molecule has 0 aliphatic heterocycles. The predicted octanol–water partition coefficient (Wildman–Crippen LogP) is 13.6. The lowest BCUT2D eigenvalue weighted by molar-refractivity contribution is -0.145. The van der Waals surface area contributed by atoms with Gasteiger partial charge < -0.3 is 85.6 Å². The molecule has 29 nitrogen and oxygen atoms in total. The van der Waals surface area contributed by atoms with Gasteiger partial charge in [0.2, 0.25) is 0 Å². The van der Waals surface area contributed by atoms with Crippen LogP contribution in [0.4, 0.5) is 0 Å². The zero-order valence-corrected chi connectivity index (χ0v) is 66.8. The van der Waals surface area contributed by atoms with E-state index in [2.05, 4.69) is 6.92 Å². The van der Waals surface area contributed by atoms with Gasteiger partial charge in [-0.1, -0.05) is 161 Å². The summed E-state index contributed by atoms with van der Waals surface area (Å²) in [4.78, 5) is 150. The van der Waals surface area contributed by atoms with Gasteiger partial charge in [0, 0.05) is 92.4 Å². The Morgan fingerprint density at radius 2 is 0.607 bits per heavy atom. The quantitative estimate of drug-likeness (QED) is 0.0249. The van der Waals surface area contributed by atoms with Crippen molar-refractivity contribution < 1.29 is 137 Å². The number of hydrogen-bond acceptors (Lipinski definition) is 28. The van der Waals surface area contributed by atoms with Gasteiger partial charge in [0.05, 0.1) is 68.3 Å². The Hall–Kier alpha value is -15.0. The van der Waals surface area contributed by atoms with Crippen LogP contribution in [0.15, 0.2) is 152 Å². The van der Waals surface area contributed by atoms with Crippen LogP contribution in [-0.2, 0) is 9.59 Å². The summed E-state index contributed by atoms with van der Waals surface area (Å²) in [6, 6.07) is 37.0. The van der Waals surface area contributed by atoms with Crippen LogP contribution in [0, 0.1) is 0 Å². The van der Waals surface area contributed by atoms with Crippen molar-refractivity contribution >= 4 is 69.6 Å². The Labute approximate surface area is 696 Å². The number of rotatable bonds is 20. The van der Waals surface area contributed by atoms with Gasteiger partial charge in [-0.3, -0.25) is 52.7 Å². The normalized spacial score (nSPS) is 13.3. The first-order valence-electron chi connectivity index (χ1n) is 38.6. The molecule has 2 unspecified atom stereocenters. The highest BCUT2D eigenvalue weighted by atomic mass is 16.5. The highest BCUT2D eigenvalue weighted by Gasteiger charge is 2.43. The van der Waals surface area contributed by atoms with Crippen molar-refractivity contribution in [2.24, 2.45) is 5.73 Å². The number of ketones is 11. The zero-order valence-electron chi connectivity index (χ0n) is 66.8. The van der Waals surface area contributed by atoms with Crippen molar-refractivity contribution in [2.75, 3.05) is 19.8 Å². The average molecular weight is 1660 g/mol. The number of benzene rings is 10. The second-order valence-corrected chi connectivity index (χ2v) is 29.5. The van der Waals surface area contributed by atoms with Crippen LogP contribution in [0.3, 0.4) is 0 Å². The van der Waals surface area contributed by atoms with E-state index in [1.54, 1.807) is 107 Å².